The van der Waals surface area contributed by atoms with Crippen LogP contribution in [0.5, 0.6) is 0 Å². The fourth-order valence-electron chi connectivity index (χ4n) is 3.48. The third kappa shape index (κ3) is 4.22. The van der Waals surface area contributed by atoms with Crippen LogP contribution < -0.4 is 5.32 Å². The molecule has 4 nitrogen and oxygen atoms in total. The highest BCUT2D eigenvalue weighted by atomic mass is 19.1. The van der Waals surface area contributed by atoms with Gasteiger partial charge in [0, 0.05) is 25.1 Å². The van der Waals surface area contributed by atoms with Crippen molar-refractivity contribution in [3.8, 4) is 0 Å². The molecule has 1 unspecified atom stereocenters. The maximum absolute atomic E-state index is 13.3. The number of anilines is 1. The van der Waals surface area contributed by atoms with Gasteiger partial charge in [-0.15, -0.1) is 0 Å². The van der Waals surface area contributed by atoms with Gasteiger partial charge < -0.3 is 15.3 Å². The number of aliphatic hydroxyl groups excluding tert-OH is 1. The van der Waals surface area contributed by atoms with E-state index in [2.05, 4.69) is 15.2 Å². The summed E-state index contributed by atoms with van der Waals surface area (Å²) >= 11 is 0. The predicted molar refractivity (Wildman–Crippen MR) is 95.8 cm³/mol. The van der Waals surface area contributed by atoms with Crippen LogP contribution >= 0.6 is 0 Å². The summed E-state index contributed by atoms with van der Waals surface area (Å²) < 4.78 is 13.3. The van der Waals surface area contributed by atoms with Crippen LogP contribution in [0.2, 0.25) is 0 Å². The maximum Gasteiger partial charge on any atom is 0.126 e. The van der Waals surface area contributed by atoms with E-state index < -0.39 is 0 Å². The number of piperidine rings is 1. The first-order valence-corrected chi connectivity index (χ1v) is 8.79. The van der Waals surface area contributed by atoms with Gasteiger partial charge in [0.05, 0.1) is 5.52 Å². The number of likely N-dealkylation sites (tertiary alicyclic amines) is 1. The van der Waals surface area contributed by atoms with E-state index in [1.807, 2.05) is 13.0 Å². The van der Waals surface area contributed by atoms with Crippen LogP contribution in [-0.4, -0.2) is 47.8 Å². The van der Waals surface area contributed by atoms with Crippen molar-refractivity contribution in [2.75, 3.05) is 38.1 Å². The molecule has 130 valence electrons. The molecule has 0 bridgehead atoms. The van der Waals surface area contributed by atoms with Crippen molar-refractivity contribution in [1.82, 2.24) is 9.88 Å². The summed E-state index contributed by atoms with van der Waals surface area (Å²) in [5.41, 5.74) is 1.85. The van der Waals surface area contributed by atoms with E-state index in [0.29, 0.717) is 12.5 Å². The number of aliphatic hydroxyl groups is 1. The minimum Gasteiger partial charge on any atom is -0.396 e. The number of nitrogens with one attached hydrogen (secondary N) is 1. The number of rotatable bonds is 6. The zero-order valence-corrected chi connectivity index (χ0v) is 14.3. The van der Waals surface area contributed by atoms with Crippen molar-refractivity contribution in [3.63, 3.8) is 0 Å². The number of benzene rings is 1. The van der Waals surface area contributed by atoms with Gasteiger partial charge >= 0.3 is 0 Å². The van der Waals surface area contributed by atoms with E-state index in [4.69, 9.17) is 0 Å². The summed E-state index contributed by atoms with van der Waals surface area (Å²) in [5, 5.41) is 13.5. The highest BCUT2D eigenvalue weighted by Gasteiger charge is 2.18. The Balaban J connectivity index is 1.52. The number of aryl methyl sites for hydroxylation is 1. The molecule has 2 aromatic rings. The minimum atomic E-state index is -0.226. The number of nitrogens with zero attached hydrogens (tertiary/aromatic N) is 2. The molecule has 1 aromatic carbocycles. The Morgan fingerprint density at radius 3 is 3.08 bits per heavy atom. The number of aromatic nitrogens is 1. The van der Waals surface area contributed by atoms with Crippen molar-refractivity contribution < 1.29 is 9.50 Å². The van der Waals surface area contributed by atoms with Crippen LogP contribution in [0, 0.1) is 18.7 Å². The summed E-state index contributed by atoms with van der Waals surface area (Å²) in [6.45, 7) is 6.33. The molecule has 3 rings (SSSR count). The molecule has 5 heteroatoms. The number of pyridine rings is 1. The molecular formula is C19H26FN3O. The fraction of sp³-hybridized carbons (Fsp3) is 0.526. The number of hydrogen-bond acceptors (Lipinski definition) is 4. The largest absolute Gasteiger partial charge is 0.396 e. The highest BCUT2D eigenvalue weighted by molar-refractivity contribution is 5.83. The molecule has 2 N–H and O–H groups in total. The zero-order valence-electron chi connectivity index (χ0n) is 14.3. The molecule has 1 fully saturated rings. The lowest BCUT2D eigenvalue weighted by Crippen LogP contribution is -2.37. The molecule has 1 aliphatic rings. The third-order valence-electron chi connectivity index (χ3n) is 4.80. The smallest absolute Gasteiger partial charge is 0.126 e. The van der Waals surface area contributed by atoms with Crippen molar-refractivity contribution in [2.45, 2.75) is 26.2 Å². The minimum absolute atomic E-state index is 0.226. The molecule has 0 spiro atoms. The van der Waals surface area contributed by atoms with E-state index in [9.17, 15) is 9.50 Å². The topological polar surface area (TPSA) is 48.4 Å². The van der Waals surface area contributed by atoms with Crippen molar-refractivity contribution in [2.24, 2.45) is 5.92 Å². The molecule has 2 heterocycles. The van der Waals surface area contributed by atoms with Crippen molar-refractivity contribution in [3.05, 3.63) is 35.6 Å². The summed E-state index contributed by atoms with van der Waals surface area (Å²) in [7, 11) is 0. The predicted octanol–water partition coefficient (Wildman–Crippen LogP) is 3.19. The monoisotopic (exact) mass is 331 g/mol. The first kappa shape index (κ1) is 17.1. The first-order chi connectivity index (χ1) is 11.7. The van der Waals surface area contributed by atoms with Crippen LogP contribution in [0.3, 0.4) is 0 Å². The molecule has 1 atom stereocenters. The van der Waals surface area contributed by atoms with Gasteiger partial charge in [0.15, 0.2) is 0 Å². The van der Waals surface area contributed by atoms with E-state index in [1.165, 1.54) is 18.6 Å². The lowest BCUT2D eigenvalue weighted by atomic mass is 9.99. The quantitative estimate of drug-likeness (QED) is 0.798. The maximum atomic E-state index is 13.3. The van der Waals surface area contributed by atoms with E-state index in [0.717, 1.165) is 61.3 Å². The second-order valence-electron chi connectivity index (χ2n) is 6.76. The van der Waals surface area contributed by atoms with Gasteiger partial charge in [-0.1, -0.05) is 0 Å². The lowest BCUT2D eigenvalue weighted by Gasteiger charge is -2.31. The SMILES string of the molecule is Cc1cc(NCCCN2CCCC(CO)C2)nc2ccc(F)cc12. The van der Waals surface area contributed by atoms with Gasteiger partial charge in [-0.2, -0.15) is 0 Å². The van der Waals surface area contributed by atoms with Gasteiger partial charge in [0.25, 0.3) is 0 Å². The third-order valence-corrected chi connectivity index (χ3v) is 4.80. The van der Waals surface area contributed by atoms with Crippen LogP contribution in [0.1, 0.15) is 24.8 Å². The van der Waals surface area contributed by atoms with E-state index >= 15 is 0 Å². The average molecular weight is 331 g/mol. The van der Waals surface area contributed by atoms with E-state index in [1.54, 1.807) is 6.07 Å². The fourth-order valence-corrected chi connectivity index (χ4v) is 3.48. The van der Waals surface area contributed by atoms with Crippen LogP contribution in [0.15, 0.2) is 24.3 Å². The number of halogens is 1. The molecule has 1 aliphatic heterocycles. The molecule has 0 aliphatic carbocycles. The average Bonchev–Trinajstić information content (AvgIpc) is 2.59. The highest BCUT2D eigenvalue weighted by Crippen LogP contribution is 2.21. The Labute approximate surface area is 142 Å². The van der Waals surface area contributed by atoms with Gasteiger partial charge in [0.2, 0.25) is 0 Å². The Morgan fingerprint density at radius 2 is 2.25 bits per heavy atom. The molecule has 1 saturated heterocycles. The molecule has 0 saturated carbocycles. The van der Waals surface area contributed by atoms with Gasteiger partial charge in [0.1, 0.15) is 11.6 Å². The Kier molecular flexibility index (Phi) is 5.63. The van der Waals surface area contributed by atoms with Gasteiger partial charge in [-0.05, 0) is 75.0 Å². The molecule has 1 aromatic heterocycles. The summed E-state index contributed by atoms with van der Waals surface area (Å²) in [6.07, 6.45) is 3.37. The molecular weight excluding hydrogens is 305 g/mol. The lowest BCUT2D eigenvalue weighted by molar-refractivity contribution is 0.120. The van der Waals surface area contributed by atoms with Crippen LogP contribution in [-0.2, 0) is 0 Å². The standard InChI is InChI=1S/C19H26FN3O/c1-14-10-19(22-18-6-5-16(20)11-17(14)18)21-7-3-9-23-8-2-4-15(12-23)13-24/h5-6,10-11,15,24H,2-4,7-9,12-13H2,1H3,(H,21,22). The Morgan fingerprint density at radius 1 is 1.38 bits per heavy atom. The Hall–Kier alpha value is -1.72. The van der Waals surface area contributed by atoms with Gasteiger partial charge in [-0.25, -0.2) is 9.37 Å². The Bertz CT molecular complexity index is 692. The second kappa shape index (κ2) is 7.90. The zero-order chi connectivity index (χ0) is 16.9. The first-order valence-electron chi connectivity index (χ1n) is 8.79. The van der Waals surface area contributed by atoms with E-state index in [-0.39, 0.29) is 5.82 Å². The molecule has 0 amide bonds. The molecule has 0 radical (unpaired) electrons. The summed E-state index contributed by atoms with van der Waals surface area (Å²) in [6, 6.07) is 6.69. The number of hydrogen-bond donors (Lipinski definition) is 2. The van der Waals surface area contributed by atoms with Crippen LogP contribution in [0.4, 0.5) is 10.2 Å². The van der Waals surface area contributed by atoms with Crippen molar-refractivity contribution in [1.29, 1.82) is 0 Å². The molecule has 24 heavy (non-hydrogen) atoms. The second-order valence-corrected chi connectivity index (χ2v) is 6.76. The van der Waals surface area contributed by atoms with Gasteiger partial charge in [-0.3, -0.25) is 0 Å². The number of fused-ring (bicyclic) bond motifs is 1. The summed E-state index contributed by atoms with van der Waals surface area (Å²) in [4.78, 5) is 7.00. The van der Waals surface area contributed by atoms with Crippen molar-refractivity contribution >= 4 is 16.7 Å². The summed E-state index contributed by atoms with van der Waals surface area (Å²) in [5.74, 6) is 1.06. The normalized spacial score (nSPS) is 18.9. The van der Waals surface area contributed by atoms with Crippen LogP contribution in [0.25, 0.3) is 10.9 Å².